The number of benzene rings is 1. The third-order valence-corrected chi connectivity index (χ3v) is 6.15. The second-order valence-electron chi connectivity index (χ2n) is 7.70. The molecule has 0 spiro atoms. The monoisotopic (exact) mass is 270 g/mol. The molecule has 4 aliphatic carbocycles. The van der Waals surface area contributed by atoms with Gasteiger partial charge in [0.2, 0.25) is 0 Å². The van der Waals surface area contributed by atoms with Crippen molar-refractivity contribution in [3.63, 3.8) is 0 Å². The van der Waals surface area contributed by atoms with Crippen LogP contribution in [0.1, 0.15) is 49.7 Å². The molecule has 0 amide bonds. The molecule has 1 aromatic carbocycles. The van der Waals surface area contributed by atoms with E-state index < -0.39 is 11.4 Å². The van der Waals surface area contributed by atoms with Gasteiger partial charge in [0.25, 0.3) is 0 Å². The number of rotatable bonds is 2. The maximum absolute atomic E-state index is 11.9. The summed E-state index contributed by atoms with van der Waals surface area (Å²) in [4.78, 5) is 11.9. The molecule has 0 heterocycles. The van der Waals surface area contributed by atoms with Crippen LogP contribution in [0, 0.1) is 24.2 Å². The first-order valence-electron chi connectivity index (χ1n) is 7.82. The number of carboxylic acids is 1. The Labute approximate surface area is 120 Å². The van der Waals surface area contributed by atoms with Crippen LogP contribution >= 0.6 is 0 Å². The first kappa shape index (κ1) is 12.4. The minimum atomic E-state index is -0.538. The quantitative estimate of drug-likeness (QED) is 0.884. The molecule has 2 nitrogen and oxygen atoms in total. The minimum Gasteiger partial charge on any atom is -0.481 e. The van der Waals surface area contributed by atoms with E-state index in [4.69, 9.17) is 0 Å². The van der Waals surface area contributed by atoms with Gasteiger partial charge in [-0.1, -0.05) is 29.8 Å². The summed E-state index contributed by atoms with van der Waals surface area (Å²) < 4.78 is 0. The Morgan fingerprint density at radius 1 is 1.20 bits per heavy atom. The van der Waals surface area contributed by atoms with E-state index in [1.165, 1.54) is 30.4 Å². The zero-order valence-electron chi connectivity index (χ0n) is 12.1. The van der Waals surface area contributed by atoms with Crippen LogP contribution in [0.25, 0.3) is 0 Å². The van der Waals surface area contributed by atoms with Crippen LogP contribution in [-0.2, 0) is 10.2 Å². The van der Waals surface area contributed by atoms with E-state index in [-0.39, 0.29) is 5.41 Å². The van der Waals surface area contributed by atoms with Crippen molar-refractivity contribution in [1.82, 2.24) is 0 Å². The van der Waals surface area contributed by atoms with Crippen LogP contribution in [0.4, 0.5) is 0 Å². The Morgan fingerprint density at radius 3 is 2.50 bits per heavy atom. The van der Waals surface area contributed by atoms with Crippen molar-refractivity contribution in [2.24, 2.45) is 17.3 Å². The molecule has 2 unspecified atom stereocenters. The van der Waals surface area contributed by atoms with Crippen molar-refractivity contribution in [2.75, 3.05) is 0 Å². The van der Waals surface area contributed by atoms with Crippen molar-refractivity contribution >= 4 is 5.97 Å². The molecular formula is C18H22O2. The van der Waals surface area contributed by atoms with Gasteiger partial charge in [0.1, 0.15) is 0 Å². The van der Waals surface area contributed by atoms with Gasteiger partial charge >= 0.3 is 5.97 Å². The highest BCUT2D eigenvalue weighted by molar-refractivity contribution is 5.76. The first-order valence-corrected chi connectivity index (χ1v) is 7.82. The topological polar surface area (TPSA) is 37.3 Å². The molecule has 4 atom stereocenters. The average Bonchev–Trinajstić information content (AvgIpc) is 2.37. The van der Waals surface area contributed by atoms with E-state index >= 15 is 0 Å². The van der Waals surface area contributed by atoms with Gasteiger partial charge in [-0.15, -0.1) is 0 Å². The van der Waals surface area contributed by atoms with Crippen LogP contribution in [0.15, 0.2) is 24.3 Å². The van der Waals surface area contributed by atoms with Gasteiger partial charge < -0.3 is 5.11 Å². The van der Waals surface area contributed by atoms with E-state index in [1.54, 1.807) is 0 Å². The third-order valence-electron chi connectivity index (χ3n) is 6.15. The van der Waals surface area contributed by atoms with E-state index in [2.05, 4.69) is 31.2 Å². The standard InChI is InChI=1S/C18H22O2/c1-12-3-2-4-15(5-12)17-7-13-6-14(8-17)10-18(9-13,11-17)16(19)20/h2-5,13-14H,6-11H2,1H3,(H,19,20)/t13-,14+,17?,18?. The molecule has 0 aromatic heterocycles. The molecule has 4 saturated carbocycles. The highest BCUT2D eigenvalue weighted by Gasteiger charge is 2.61. The van der Waals surface area contributed by atoms with Crippen LogP contribution in [-0.4, -0.2) is 11.1 Å². The summed E-state index contributed by atoms with van der Waals surface area (Å²) in [5, 5.41) is 9.79. The predicted molar refractivity (Wildman–Crippen MR) is 77.6 cm³/mol. The SMILES string of the molecule is Cc1cccc(C23C[C@@H]4C[C@@H](CC(C(=O)O)(C4)C2)C3)c1. The summed E-state index contributed by atoms with van der Waals surface area (Å²) in [5.41, 5.74) is 2.42. The maximum atomic E-state index is 11.9. The predicted octanol–water partition coefficient (Wildman–Crippen LogP) is 3.92. The van der Waals surface area contributed by atoms with Gasteiger partial charge in [-0.3, -0.25) is 4.79 Å². The van der Waals surface area contributed by atoms with Crippen molar-refractivity contribution in [1.29, 1.82) is 0 Å². The Hall–Kier alpha value is -1.31. The molecule has 0 saturated heterocycles. The average molecular weight is 270 g/mol. The third kappa shape index (κ3) is 1.60. The second kappa shape index (κ2) is 3.87. The molecule has 106 valence electrons. The summed E-state index contributed by atoms with van der Waals surface area (Å²) in [7, 11) is 0. The van der Waals surface area contributed by atoms with Crippen molar-refractivity contribution < 1.29 is 9.90 Å². The molecule has 0 aliphatic heterocycles. The lowest BCUT2D eigenvalue weighted by molar-refractivity contribution is -0.167. The van der Waals surface area contributed by atoms with E-state index in [1.807, 2.05) is 0 Å². The van der Waals surface area contributed by atoms with E-state index in [0.29, 0.717) is 11.8 Å². The van der Waals surface area contributed by atoms with Gasteiger partial charge in [0.15, 0.2) is 0 Å². The molecule has 1 aromatic rings. The van der Waals surface area contributed by atoms with Gasteiger partial charge in [-0.25, -0.2) is 0 Å². The highest BCUT2D eigenvalue weighted by Crippen LogP contribution is 2.65. The molecule has 4 aliphatic rings. The molecule has 4 bridgehead atoms. The Morgan fingerprint density at radius 2 is 1.90 bits per heavy atom. The number of hydrogen-bond acceptors (Lipinski definition) is 1. The van der Waals surface area contributed by atoms with Gasteiger partial charge in [0, 0.05) is 0 Å². The fourth-order valence-corrected chi connectivity index (χ4v) is 5.83. The zero-order chi connectivity index (χ0) is 14.0. The Kier molecular flexibility index (Phi) is 2.40. The lowest BCUT2D eigenvalue weighted by atomic mass is 9.43. The number of carbonyl (C=O) groups is 1. The smallest absolute Gasteiger partial charge is 0.309 e. The molecule has 4 fully saturated rings. The first-order chi connectivity index (χ1) is 9.51. The molecule has 5 rings (SSSR count). The highest BCUT2D eigenvalue weighted by atomic mass is 16.4. The normalized spacial score (nSPS) is 41.9. The lowest BCUT2D eigenvalue weighted by Gasteiger charge is -2.60. The molecule has 0 radical (unpaired) electrons. The van der Waals surface area contributed by atoms with Crippen molar-refractivity contribution in [3.05, 3.63) is 35.4 Å². The van der Waals surface area contributed by atoms with Crippen LogP contribution < -0.4 is 0 Å². The van der Waals surface area contributed by atoms with Crippen LogP contribution in [0.3, 0.4) is 0 Å². The van der Waals surface area contributed by atoms with Crippen molar-refractivity contribution in [3.8, 4) is 0 Å². The van der Waals surface area contributed by atoms with Gasteiger partial charge in [-0.05, 0) is 68.3 Å². The fraction of sp³-hybridized carbons (Fsp3) is 0.611. The van der Waals surface area contributed by atoms with Gasteiger partial charge in [-0.2, -0.15) is 0 Å². The summed E-state index contributed by atoms with van der Waals surface area (Å²) in [6, 6.07) is 8.80. The lowest BCUT2D eigenvalue weighted by Crippen LogP contribution is -2.56. The Bertz CT molecular complexity index is 561. The van der Waals surface area contributed by atoms with E-state index in [9.17, 15) is 9.90 Å². The minimum absolute atomic E-state index is 0.147. The number of carboxylic acid groups (broad SMARTS) is 1. The van der Waals surface area contributed by atoms with Gasteiger partial charge in [0.05, 0.1) is 5.41 Å². The maximum Gasteiger partial charge on any atom is 0.309 e. The number of aliphatic carboxylic acids is 1. The number of hydrogen-bond donors (Lipinski definition) is 1. The van der Waals surface area contributed by atoms with E-state index in [0.717, 1.165) is 19.3 Å². The molecule has 2 heteroatoms. The number of aryl methyl sites for hydroxylation is 1. The van der Waals surface area contributed by atoms with Crippen LogP contribution in [0.2, 0.25) is 0 Å². The molecule has 20 heavy (non-hydrogen) atoms. The molecule has 1 N–H and O–H groups in total. The van der Waals surface area contributed by atoms with Crippen LogP contribution in [0.5, 0.6) is 0 Å². The summed E-state index contributed by atoms with van der Waals surface area (Å²) in [6.07, 6.45) is 6.40. The molecular weight excluding hydrogens is 248 g/mol. The summed E-state index contributed by atoms with van der Waals surface area (Å²) >= 11 is 0. The zero-order valence-corrected chi connectivity index (χ0v) is 12.1. The summed E-state index contributed by atoms with van der Waals surface area (Å²) in [6.45, 7) is 2.14. The van der Waals surface area contributed by atoms with Crippen molar-refractivity contribution in [2.45, 2.75) is 50.9 Å². The Balaban J connectivity index is 1.81. The summed E-state index contributed by atoms with van der Waals surface area (Å²) in [5.74, 6) is 0.726. The fourth-order valence-electron chi connectivity index (χ4n) is 5.83. The second-order valence-corrected chi connectivity index (χ2v) is 7.70. The largest absolute Gasteiger partial charge is 0.481 e.